The first-order valence-electron chi connectivity index (χ1n) is 4.18. The minimum atomic E-state index is -0.772. The number of ether oxygens (including phenoxy) is 3. The molecule has 0 radical (unpaired) electrons. The molecule has 0 spiro atoms. The zero-order chi connectivity index (χ0) is 9.90. The number of cyclic esters (lactones) is 1. The number of hydrogen-bond acceptors (Lipinski definition) is 4. The molecule has 1 N–H and O–H groups in total. The molecule has 1 atom stereocenters. The third-order valence-corrected chi connectivity index (χ3v) is 2.37. The average Bonchev–Trinajstić information content (AvgIpc) is 2.25. The number of nitrogens with one attached hydrogen (secondary N) is 1. The van der Waals surface area contributed by atoms with Gasteiger partial charge >= 0.3 is 6.09 Å². The molecule has 0 saturated carbocycles. The molecule has 0 aliphatic carbocycles. The Morgan fingerprint density at radius 2 is 2.15 bits per heavy atom. The smallest absolute Gasteiger partial charge is 0.407 e. The molecule has 1 unspecified atom stereocenters. The lowest BCUT2D eigenvalue weighted by molar-refractivity contribution is -0.223. The summed E-state index contributed by atoms with van der Waals surface area (Å²) in [5, 5.41) is 2.62. The molecule has 5 heteroatoms. The van der Waals surface area contributed by atoms with Crippen LogP contribution in [0.4, 0.5) is 4.79 Å². The first-order valence-corrected chi connectivity index (χ1v) is 4.18. The van der Waals surface area contributed by atoms with Gasteiger partial charge in [-0.2, -0.15) is 0 Å². The van der Waals surface area contributed by atoms with Gasteiger partial charge < -0.3 is 19.5 Å². The second-order valence-electron chi connectivity index (χ2n) is 2.97. The molecule has 1 aliphatic rings. The highest BCUT2D eigenvalue weighted by Crippen LogP contribution is 2.23. The molecule has 1 rings (SSSR count). The Morgan fingerprint density at radius 3 is 2.69 bits per heavy atom. The van der Waals surface area contributed by atoms with E-state index >= 15 is 0 Å². The summed E-state index contributed by atoms with van der Waals surface area (Å²) in [7, 11) is 3.11. The van der Waals surface area contributed by atoms with Crippen molar-refractivity contribution in [2.24, 2.45) is 0 Å². The summed E-state index contributed by atoms with van der Waals surface area (Å²) < 4.78 is 15.3. The summed E-state index contributed by atoms with van der Waals surface area (Å²) in [6.07, 6.45) is 0.100. The lowest BCUT2D eigenvalue weighted by atomic mass is 10.1. The van der Waals surface area contributed by atoms with Gasteiger partial charge in [0.25, 0.3) is 0 Å². The molecule has 0 aromatic heterocycles. The van der Waals surface area contributed by atoms with Gasteiger partial charge in [-0.1, -0.05) is 0 Å². The highest BCUT2D eigenvalue weighted by molar-refractivity contribution is 5.68. The van der Waals surface area contributed by atoms with Crippen molar-refractivity contribution in [2.45, 2.75) is 25.2 Å². The SMILES string of the molecule is COC1(OC)CCOC(=O)NC1C. The van der Waals surface area contributed by atoms with Crippen LogP contribution >= 0.6 is 0 Å². The lowest BCUT2D eigenvalue weighted by Gasteiger charge is -2.33. The van der Waals surface area contributed by atoms with E-state index in [1.807, 2.05) is 6.92 Å². The van der Waals surface area contributed by atoms with Crippen LogP contribution in [0.25, 0.3) is 0 Å². The van der Waals surface area contributed by atoms with Crippen molar-refractivity contribution in [2.75, 3.05) is 20.8 Å². The summed E-state index contributed by atoms with van der Waals surface area (Å²) in [6, 6.07) is -0.225. The number of alkyl carbamates (subject to hydrolysis) is 1. The van der Waals surface area contributed by atoms with Crippen LogP contribution in [0.3, 0.4) is 0 Å². The van der Waals surface area contributed by atoms with E-state index in [9.17, 15) is 4.79 Å². The third kappa shape index (κ3) is 1.92. The van der Waals surface area contributed by atoms with Crippen LogP contribution in [0.15, 0.2) is 0 Å². The van der Waals surface area contributed by atoms with Crippen molar-refractivity contribution in [1.82, 2.24) is 5.32 Å². The average molecular weight is 189 g/mol. The maximum absolute atomic E-state index is 11.0. The number of rotatable bonds is 2. The Hall–Kier alpha value is -0.810. The van der Waals surface area contributed by atoms with E-state index in [2.05, 4.69) is 5.32 Å². The molecule has 1 aliphatic heterocycles. The molecule has 0 bridgehead atoms. The molecule has 1 heterocycles. The molecule has 0 aromatic rings. The highest BCUT2D eigenvalue weighted by Gasteiger charge is 2.39. The Balaban J connectivity index is 2.76. The summed E-state index contributed by atoms with van der Waals surface area (Å²) in [5.74, 6) is -0.772. The van der Waals surface area contributed by atoms with E-state index in [1.54, 1.807) is 14.2 Å². The Bertz CT molecular complexity index is 191. The van der Waals surface area contributed by atoms with Gasteiger partial charge in [-0.05, 0) is 6.92 Å². The van der Waals surface area contributed by atoms with Crippen molar-refractivity contribution in [3.8, 4) is 0 Å². The van der Waals surface area contributed by atoms with Crippen molar-refractivity contribution < 1.29 is 19.0 Å². The maximum Gasteiger partial charge on any atom is 0.407 e. The number of methoxy groups -OCH3 is 2. The molecular weight excluding hydrogens is 174 g/mol. The summed E-state index contributed by atoms with van der Waals surface area (Å²) in [5.41, 5.74) is 0. The van der Waals surface area contributed by atoms with Gasteiger partial charge in [0, 0.05) is 20.6 Å². The van der Waals surface area contributed by atoms with E-state index in [-0.39, 0.29) is 6.04 Å². The van der Waals surface area contributed by atoms with Gasteiger partial charge in [0.1, 0.15) is 0 Å². The van der Waals surface area contributed by atoms with E-state index in [0.717, 1.165) is 0 Å². The molecule has 1 amide bonds. The van der Waals surface area contributed by atoms with Crippen LogP contribution in [0.2, 0.25) is 0 Å². The first kappa shape index (κ1) is 10.3. The topological polar surface area (TPSA) is 56.8 Å². The monoisotopic (exact) mass is 189 g/mol. The van der Waals surface area contributed by atoms with Crippen LogP contribution < -0.4 is 5.32 Å². The van der Waals surface area contributed by atoms with Gasteiger partial charge in [-0.25, -0.2) is 4.79 Å². The fourth-order valence-corrected chi connectivity index (χ4v) is 1.47. The Morgan fingerprint density at radius 1 is 1.54 bits per heavy atom. The Labute approximate surface area is 77.3 Å². The van der Waals surface area contributed by atoms with Crippen molar-refractivity contribution in [1.29, 1.82) is 0 Å². The van der Waals surface area contributed by atoms with Crippen LogP contribution in [0, 0.1) is 0 Å². The maximum atomic E-state index is 11.0. The third-order valence-electron chi connectivity index (χ3n) is 2.37. The standard InChI is InChI=1S/C8H15NO4/c1-6-8(11-2,12-3)4-5-13-7(10)9-6/h6H,4-5H2,1-3H3,(H,9,10). The fraction of sp³-hybridized carbons (Fsp3) is 0.875. The fourth-order valence-electron chi connectivity index (χ4n) is 1.47. The van der Waals surface area contributed by atoms with Crippen molar-refractivity contribution in [3.63, 3.8) is 0 Å². The zero-order valence-electron chi connectivity index (χ0n) is 8.12. The van der Waals surface area contributed by atoms with Crippen LogP contribution in [-0.4, -0.2) is 38.7 Å². The lowest BCUT2D eigenvalue weighted by Crippen LogP contribution is -2.51. The molecule has 1 saturated heterocycles. The van der Waals surface area contributed by atoms with Crippen LogP contribution in [0.1, 0.15) is 13.3 Å². The van der Waals surface area contributed by atoms with Gasteiger partial charge in [-0.3, -0.25) is 0 Å². The second kappa shape index (κ2) is 3.93. The molecular formula is C8H15NO4. The van der Waals surface area contributed by atoms with Crippen LogP contribution in [0.5, 0.6) is 0 Å². The normalized spacial score (nSPS) is 27.3. The summed E-state index contributed by atoms with van der Waals surface area (Å²) >= 11 is 0. The number of carbonyl (C=O) groups excluding carboxylic acids is 1. The largest absolute Gasteiger partial charge is 0.449 e. The highest BCUT2D eigenvalue weighted by atomic mass is 16.7. The molecule has 5 nitrogen and oxygen atoms in total. The van der Waals surface area contributed by atoms with Gasteiger partial charge in [0.2, 0.25) is 0 Å². The zero-order valence-corrected chi connectivity index (χ0v) is 8.12. The number of hydrogen-bond donors (Lipinski definition) is 1. The quantitative estimate of drug-likeness (QED) is 0.642. The predicted octanol–water partition coefficient (Wildman–Crippen LogP) is 0.494. The Kier molecular flexibility index (Phi) is 3.11. The van der Waals surface area contributed by atoms with Gasteiger partial charge in [0.05, 0.1) is 12.6 Å². The summed E-state index contributed by atoms with van der Waals surface area (Å²) in [6.45, 7) is 2.12. The molecule has 76 valence electrons. The van der Waals surface area contributed by atoms with E-state index < -0.39 is 11.9 Å². The molecule has 0 aromatic carbocycles. The predicted molar refractivity (Wildman–Crippen MR) is 45.3 cm³/mol. The van der Waals surface area contributed by atoms with Gasteiger partial charge in [0.15, 0.2) is 5.79 Å². The van der Waals surface area contributed by atoms with E-state index in [4.69, 9.17) is 14.2 Å². The van der Waals surface area contributed by atoms with Crippen LogP contribution in [-0.2, 0) is 14.2 Å². The van der Waals surface area contributed by atoms with Crippen molar-refractivity contribution >= 4 is 6.09 Å². The van der Waals surface area contributed by atoms with Gasteiger partial charge in [-0.15, -0.1) is 0 Å². The van der Waals surface area contributed by atoms with E-state index in [1.165, 1.54) is 0 Å². The van der Waals surface area contributed by atoms with E-state index in [0.29, 0.717) is 13.0 Å². The molecule has 13 heavy (non-hydrogen) atoms. The second-order valence-corrected chi connectivity index (χ2v) is 2.97. The van der Waals surface area contributed by atoms with Crippen molar-refractivity contribution in [3.05, 3.63) is 0 Å². The molecule has 1 fully saturated rings. The minimum absolute atomic E-state index is 0.225. The minimum Gasteiger partial charge on any atom is -0.449 e. The number of amides is 1. The number of carbonyl (C=O) groups is 1. The summed E-state index contributed by atoms with van der Waals surface area (Å²) in [4.78, 5) is 11.0. The first-order chi connectivity index (χ1) is 6.14.